The predicted octanol–water partition coefficient (Wildman–Crippen LogP) is 1.36. The molecule has 0 heterocycles. The lowest BCUT2D eigenvalue weighted by Gasteiger charge is -2.26. The third-order valence-corrected chi connectivity index (χ3v) is 3.52. The molecule has 0 bridgehead atoms. The van der Waals surface area contributed by atoms with Gasteiger partial charge in [-0.05, 0) is 11.8 Å². The van der Waals surface area contributed by atoms with Crippen LogP contribution in [0.2, 0.25) is 0 Å². The van der Waals surface area contributed by atoms with Gasteiger partial charge in [-0.3, -0.25) is 0 Å². The molecule has 4 atom stereocenters. The van der Waals surface area contributed by atoms with Gasteiger partial charge in [0.25, 0.3) is 0 Å². The first-order valence-corrected chi connectivity index (χ1v) is 6.16. The highest BCUT2D eigenvalue weighted by molar-refractivity contribution is 4.77. The van der Waals surface area contributed by atoms with Gasteiger partial charge in [0.15, 0.2) is 0 Å². The van der Waals surface area contributed by atoms with Gasteiger partial charge in [0.2, 0.25) is 0 Å². The summed E-state index contributed by atoms with van der Waals surface area (Å²) in [5, 5.41) is 12.6. The monoisotopic (exact) mass is 216 g/mol. The van der Waals surface area contributed by atoms with E-state index in [0.29, 0.717) is 11.8 Å². The van der Waals surface area contributed by atoms with Gasteiger partial charge < -0.3 is 16.2 Å². The van der Waals surface area contributed by atoms with E-state index in [1.165, 1.54) is 0 Å². The Morgan fingerprint density at radius 1 is 1.13 bits per heavy atom. The van der Waals surface area contributed by atoms with Crippen molar-refractivity contribution in [2.24, 2.45) is 17.6 Å². The van der Waals surface area contributed by atoms with Crippen LogP contribution in [-0.2, 0) is 0 Å². The third kappa shape index (κ3) is 5.50. The zero-order valence-electron chi connectivity index (χ0n) is 10.7. The minimum atomic E-state index is 0.185. The van der Waals surface area contributed by atoms with Gasteiger partial charge in [-0.25, -0.2) is 0 Å². The molecule has 92 valence electrons. The van der Waals surface area contributed by atoms with Crippen molar-refractivity contribution in [3.05, 3.63) is 0 Å². The summed E-state index contributed by atoms with van der Waals surface area (Å²) in [5.41, 5.74) is 6.03. The highest BCUT2D eigenvalue weighted by atomic mass is 16.3. The van der Waals surface area contributed by atoms with E-state index < -0.39 is 0 Å². The summed E-state index contributed by atoms with van der Waals surface area (Å²) in [7, 11) is 0. The Hall–Kier alpha value is -0.120. The van der Waals surface area contributed by atoms with Gasteiger partial charge in [0.1, 0.15) is 0 Å². The Bertz CT molecular complexity index is 153. The second kappa shape index (κ2) is 8.08. The van der Waals surface area contributed by atoms with Gasteiger partial charge in [-0.15, -0.1) is 0 Å². The van der Waals surface area contributed by atoms with Crippen molar-refractivity contribution in [1.29, 1.82) is 0 Å². The van der Waals surface area contributed by atoms with E-state index in [-0.39, 0.29) is 18.7 Å². The lowest BCUT2D eigenvalue weighted by Crippen LogP contribution is -2.46. The zero-order valence-corrected chi connectivity index (χ0v) is 10.7. The summed E-state index contributed by atoms with van der Waals surface area (Å²) in [4.78, 5) is 0. The number of nitrogens with one attached hydrogen (secondary N) is 1. The van der Waals surface area contributed by atoms with Crippen molar-refractivity contribution < 1.29 is 5.11 Å². The summed E-state index contributed by atoms with van der Waals surface area (Å²) in [5.74, 6) is 1.04. The van der Waals surface area contributed by atoms with Crippen molar-refractivity contribution in [3.8, 4) is 0 Å². The maximum atomic E-state index is 9.23. The maximum absolute atomic E-state index is 9.23. The molecule has 0 spiro atoms. The molecule has 0 fully saturated rings. The summed E-state index contributed by atoms with van der Waals surface area (Å²) in [6.45, 7) is 9.62. The summed E-state index contributed by atoms with van der Waals surface area (Å²) >= 11 is 0. The summed E-state index contributed by atoms with van der Waals surface area (Å²) in [6.07, 6.45) is 2.19. The molecule has 0 rings (SSSR count). The van der Waals surface area contributed by atoms with Gasteiger partial charge >= 0.3 is 0 Å². The maximum Gasteiger partial charge on any atom is 0.0587 e. The number of hydrogen-bond acceptors (Lipinski definition) is 3. The van der Waals surface area contributed by atoms with Crippen LogP contribution in [0, 0.1) is 11.8 Å². The lowest BCUT2D eigenvalue weighted by molar-refractivity contribution is 0.197. The van der Waals surface area contributed by atoms with Crippen LogP contribution in [0.3, 0.4) is 0 Å². The topological polar surface area (TPSA) is 58.3 Å². The van der Waals surface area contributed by atoms with E-state index in [4.69, 9.17) is 5.73 Å². The lowest BCUT2D eigenvalue weighted by atomic mass is 9.97. The highest BCUT2D eigenvalue weighted by Crippen LogP contribution is 2.08. The van der Waals surface area contributed by atoms with Gasteiger partial charge in [-0.1, -0.05) is 40.5 Å². The first-order valence-electron chi connectivity index (χ1n) is 6.16. The van der Waals surface area contributed by atoms with E-state index >= 15 is 0 Å². The molecule has 0 aliphatic heterocycles. The minimum Gasteiger partial charge on any atom is -0.395 e. The highest BCUT2D eigenvalue weighted by Gasteiger charge is 2.17. The third-order valence-electron chi connectivity index (χ3n) is 3.52. The van der Waals surface area contributed by atoms with Crippen LogP contribution >= 0.6 is 0 Å². The Morgan fingerprint density at radius 2 is 1.67 bits per heavy atom. The summed E-state index contributed by atoms with van der Waals surface area (Å²) < 4.78 is 0. The van der Waals surface area contributed by atoms with Crippen LogP contribution in [-0.4, -0.2) is 30.3 Å². The molecule has 4 N–H and O–H groups in total. The van der Waals surface area contributed by atoms with Gasteiger partial charge in [0.05, 0.1) is 6.61 Å². The van der Waals surface area contributed by atoms with Crippen molar-refractivity contribution in [2.45, 2.75) is 52.6 Å². The van der Waals surface area contributed by atoms with Gasteiger partial charge in [-0.2, -0.15) is 0 Å². The van der Waals surface area contributed by atoms with Crippen LogP contribution in [0.4, 0.5) is 0 Å². The van der Waals surface area contributed by atoms with Crippen molar-refractivity contribution in [1.82, 2.24) is 5.32 Å². The van der Waals surface area contributed by atoms with E-state index in [9.17, 15) is 5.11 Å². The Labute approximate surface area is 94.4 Å². The molecule has 3 nitrogen and oxygen atoms in total. The number of hydrogen-bond donors (Lipinski definition) is 3. The molecule has 0 aliphatic rings. The molecule has 0 saturated carbocycles. The van der Waals surface area contributed by atoms with Crippen molar-refractivity contribution >= 4 is 0 Å². The standard InChI is InChI=1S/C12H28N2O/c1-5-9(3)11(13)7-14-12(8-15)10(4)6-2/h9-12,14-15H,5-8,13H2,1-4H3/t9?,10?,11-,12-/m1/s1. The van der Waals surface area contributed by atoms with Crippen molar-refractivity contribution in [2.75, 3.05) is 13.2 Å². The van der Waals surface area contributed by atoms with Crippen LogP contribution in [0.5, 0.6) is 0 Å². The SMILES string of the molecule is CCC(C)[C@H](N)CN[C@H](CO)C(C)CC. The number of aliphatic hydroxyl groups excluding tert-OH is 1. The second-order valence-electron chi connectivity index (χ2n) is 4.63. The molecule has 0 aromatic rings. The Kier molecular flexibility index (Phi) is 8.02. The molecule has 0 aromatic carbocycles. The van der Waals surface area contributed by atoms with E-state index in [1.807, 2.05) is 0 Å². The fourth-order valence-corrected chi connectivity index (χ4v) is 1.52. The minimum absolute atomic E-state index is 0.185. The smallest absolute Gasteiger partial charge is 0.0587 e. The van der Waals surface area contributed by atoms with Crippen molar-refractivity contribution in [3.63, 3.8) is 0 Å². The largest absolute Gasteiger partial charge is 0.395 e. The normalized spacial score (nSPS) is 19.6. The second-order valence-corrected chi connectivity index (χ2v) is 4.63. The van der Waals surface area contributed by atoms with E-state index in [2.05, 4.69) is 33.0 Å². The number of aliphatic hydroxyl groups is 1. The molecule has 0 radical (unpaired) electrons. The molecule has 2 unspecified atom stereocenters. The van der Waals surface area contributed by atoms with Crippen LogP contribution in [0.25, 0.3) is 0 Å². The van der Waals surface area contributed by atoms with E-state index in [1.54, 1.807) is 0 Å². The molecular weight excluding hydrogens is 188 g/mol. The summed E-state index contributed by atoms with van der Waals surface area (Å²) in [6, 6.07) is 0.373. The fraction of sp³-hybridized carbons (Fsp3) is 1.00. The quantitative estimate of drug-likeness (QED) is 0.574. The van der Waals surface area contributed by atoms with E-state index in [0.717, 1.165) is 19.4 Å². The zero-order chi connectivity index (χ0) is 11.8. The Balaban J connectivity index is 3.89. The predicted molar refractivity (Wildman–Crippen MR) is 65.8 cm³/mol. The molecule has 0 amide bonds. The van der Waals surface area contributed by atoms with Crippen LogP contribution < -0.4 is 11.1 Å². The number of rotatable bonds is 8. The number of nitrogens with two attached hydrogens (primary N) is 1. The van der Waals surface area contributed by atoms with Crippen LogP contribution in [0.1, 0.15) is 40.5 Å². The average molecular weight is 216 g/mol. The Morgan fingerprint density at radius 3 is 2.07 bits per heavy atom. The molecule has 0 aromatic heterocycles. The molecule has 15 heavy (non-hydrogen) atoms. The molecular formula is C12H28N2O. The molecule has 0 aliphatic carbocycles. The molecule has 3 heteroatoms. The first kappa shape index (κ1) is 14.9. The average Bonchev–Trinajstić information content (AvgIpc) is 2.27. The molecule has 0 saturated heterocycles. The first-order chi connectivity index (χ1) is 7.06. The fourth-order valence-electron chi connectivity index (χ4n) is 1.52. The van der Waals surface area contributed by atoms with Gasteiger partial charge in [0, 0.05) is 18.6 Å². The van der Waals surface area contributed by atoms with Crippen LogP contribution in [0.15, 0.2) is 0 Å².